The first-order valence-electron chi connectivity index (χ1n) is 5.86. The molecular formula is C13H17NO3S. The predicted octanol–water partition coefficient (Wildman–Crippen LogP) is 1.65. The summed E-state index contributed by atoms with van der Waals surface area (Å²) >= 11 is 0. The third-order valence-electron chi connectivity index (χ3n) is 3.20. The number of sulfonamides is 1. The SMILES string of the molecule is C=C1CC[C@@H](CO)N1S(=O)(=O)c1ccc(C)cc1. The molecule has 2 rings (SSSR count). The van der Waals surface area contributed by atoms with Crippen LogP contribution in [0.4, 0.5) is 0 Å². The molecule has 0 amide bonds. The maximum atomic E-state index is 12.5. The Bertz CT molecular complexity index is 548. The molecule has 4 nitrogen and oxygen atoms in total. The lowest BCUT2D eigenvalue weighted by molar-refractivity contribution is 0.221. The van der Waals surface area contributed by atoms with Crippen LogP contribution in [0.15, 0.2) is 41.4 Å². The largest absolute Gasteiger partial charge is 0.394 e. The molecule has 0 radical (unpaired) electrons. The molecular weight excluding hydrogens is 250 g/mol. The van der Waals surface area contributed by atoms with Gasteiger partial charge < -0.3 is 5.11 Å². The average Bonchev–Trinajstić information content (AvgIpc) is 2.71. The Kier molecular flexibility index (Phi) is 3.45. The van der Waals surface area contributed by atoms with Gasteiger partial charge in [-0.1, -0.05) is 24.3 Å². The number of benzene rings is 1. The van der Waals surface area contributed by atoms with E-state index in [4.69, 9.17) is 0 Å². The van der Waals surface area contributed by atoms with E-state index in [1.54, 1.807) is 24.3 Å². The van der Waals surface area contributed by atoms with E-state index >= 15 is 0 Å². The molecule has 0 unspecified atom stereocenters. The molecule has 1 fully saturated rings. The molecule has 1 saturated heterocycles. The monoisotopic (exact) mass is 267 g/mol. The van der Waals surface area contributed by atoms with Gasteiger partial charge in [-0.3, -0.25) is 4.31 Å². The fourth-order valence-electron chi connectivity index (χ4n) is 2.17. The van der Waals surface area contributed by atoms with Crippen molar-refractivity contribution in [3.63, 3.8) is 0 Å². The lowest BCUT2D eigenvalue weighted by Crippen LogP contribution is -2.36. The van der Waals surface area contributed by atoms with Crippen LogP contribution in [0.1, 0.15) is 18.4 Å². The van der Waals surface area contributed by atoms with E-state index in [2.05, 4.69) is 6.58 Å². The number of aryl methyl sites for hydroxylation is 1. The molecule has 1 heterocycles. The zero-order valence-electron chi connectivity index (χ0n) is 10.3. The van der Waals surface area contributed by atoms with E-state index in [0.29, 0.717) is 18.5 Å². The summed E-state index contributed by atoms with van der Waals surface area (Å²) in [4.78, 5) is 0.245. The maximum Gasteiger partial charge on any atom is 0.264 e. The highest BCUT2D eigenvalue weighted by atomic mass is 32.2. The van der Waals surface area contributed by atoms with E-state index in [1.807, 2.05) is 6.92 Å². The third-order valence-corrected chi connectivity index (χ3v) is 5.14. The minimum absolute atomic E-state index is 0.176. The summed E-state index contributed by atoms with van der Waals surface area (Å²) in [6.45, 7) is 5.51. The van der Waals surface area contributed by atoms with E-state index in [1.165, 1.54) is 4.31 Å². The van der Waals surface area contributed by atoms with E-state index in [0.717, 1.165) is 5.56 Å². The summed E-state index contributed by atoms with van der Waals surface area (Å²) in [6.07, 6.45) is 1.23. The number of allylic oxidation sites excluding steroid dienone is 1. The molecule has 1 N–H and O–H groups in total. The Morgan fingerprint density at radius 1 is 1.39 bits per heavy atom. The maximum absolute atomic E-state index is 12.5. The second kappa shape index (κ2) is 4.74. The molecule has 0 saturated carbocycles. The van der Waals surface area contributed by atoms with Crippen molar-refractivity contribution in [2.75, 3.05) is 6.61 Å². The highest BCUT2D eigenvalue weighted by molar-refractivity contribution is 7.89. The lowest BCUT2D eigenvalue weighted by Gasteiger charge is -2.25. The molecule has 18 heavy (non-hydrogen) atoms. The van der Waals surface area contributed by atoms with Crippen LogP contribution in [0.5, 0.6) is 0 Å². The molecule has 0 aromatic heterocycles. The molecule has 1 aromatic rings. The number of aliphatic hydroxyl groups excluding tert-OH is 1. The van der Waals surface area contributed by atoms with Crippen LogP contribution in [0.3, 0.4) is 0 Å². The number of rotatable bonds is 3. The van der Waals surface area contributed by atoms with Crippen molar-refractivity contribution in [2.24, 2.45) is 0 Å². The molecule has 1 aliphatic heterocycles. The normalized spacial score (nSPS) is 20.4. The lowest BCUT2D eigenvalue weighted by atomic mass is 10.2. The summed E-state index contributed by atoms with van der Waals surface area (Å²) in [5.41, 5.74) is 1.56. The summed E-state index contributed by atoms with van der Waals surface area (Å²) in [7, 11) is -3.59. The van der Waals surface area contributed by atoms with Crippen LogP contribution < -0.4 is 0 Å². The van der Waals surface area contributed by atoms with Crippen LogP contribution in [0.25, 0.3) is 0 Å². The summed E-state index contributed by atoms with van der Waals surface area (Å²) in [5, 5.41) is 9.26. The Morgan fingerprint density at radius 3 is 2.56 bits per heavy atom. The van der Waals surface area contributed by atoms with Crippen LogP contribution in [-0.2, 0) is 10.0 Å². The summed E-state index contributed by atoms with van der Waals surface area (Å²) in [6, 6.07) is 6.32. The van der Waals surface area contributed by atoms with Crippen molar-refractivity contribution in [2.45, 2.75) is 30.7 Å². The van der Waals surface area contributed by atoms with Gasteiger partial charge in [0.25, 0.3) is 10.0 Å². The second-order valence-electron chi connectivity index (χ2n) is 4.56. The van der Waals surface area contributed by atoms with Crippen molar-refractivity contribution < 1.29 is 13.5 Å². The predicted molar refractivity (Wildman–Crippen MR) is 69.5 cm³/mol. The minimum Gasteiger partial charge on any atom is -0.394 e. The van der Waals surface area contributed by atoms with E-state index < -0.39 is 10.0 Å². The van der Waals surface area contributed by atoms with Crippen LogP contribution in [0.2, 0.25) is 0 Å². The first-order chi connectivity index (χ1) is 8.46. The number of aliphatic hydroxyl groups is 1. The van der Waals surface area contributed by atoms with Crippen molar-refractivity contribution in [1.82, 2.24) is 4.31 Å². The highest BCUT2D eigenvalue weighted by Gasteiger charge is 2.36. The van der Waals surface area contributed by atoms with Crippen LogP contribution in [-0.4, -0.2) is 30.5 Å². The average molecular weight is 267 g/mol. The van der Waals surface area contributed by atoms with Crippen molar-refractivity contribution in [3.05, 3.63) is 42.1 Å². The van der Waals surface area contributed by atoms with E-state index in [9.17, 15) is 13.5 Å². The standard InChI is InChI=1S/C13H17NO3S/c1-10-3-7-13(8-4-10)18(16,17)14-11(2)5-6-12(14)9-15/h3-4,7-8,12,15H,2,5-6,9H2,1H3/t12-/m0/s1. The van der Waals surface area contributed by atoms with Gasteiger partial charge in [-0.2, -0.15) is 0 Å². The Morgan fingerprint density at radius 2 is 2.00 bits per heavy atom. The van der Waals surface area contributed by atoms with Crippen molar-refractivity contribution in [1.29, 1.82) is 0 Å². The van der Waals surface area contributed by atoms with Gasteiger partial charge in [-0.05, 0) is 31.9 Å². The quantitative estimate of drug-likeness (QED) is 0.906. The fraction of sp³-hybridized carbons (Fsp3) is 0.385. The molecule has 0 aliphatic carbocycles. The molecule has 1 atom stereocenters. The van der Waals surface area contributed by atoms with Crippen LogP contribution in [0, 0.1) is 6.92 Å². The molecule has 0 bridgehead atoms. The Balaban J connectivity index is 2.41. The zero-order chi connectivity index (χ0) is 13.3. The molecule has 98 valence electrons. The molecule has 5 heteroatoms. The topological polar surface area (TPSA) is 57.6 Å². The Hall–Kier alpha value is -1.33. The van der Waals surface area contributed by atoms with Crippen LogP contribution >= 0.6 is 0 Å². The Labute approximate surface area is 108 Å². The van der Waals surface area contributed by atoms with Crippen molar-refractivity contribution >= 4 is 10.0 Å². The van der Waals surface area contributed by atoms with Gasteiger partial charge in [0.1, 0.15) is 0 Å². The van der Waals surface area contributed by atoms with Gasteiger partial charge in [0.15, 0.2) is 0 Å². The van der Waals surface area contributed by atoms with Gasteiger partial charge in [-0.25, -0.2) is 8.42 Å². The highest BCUT2D eigenvalue weighted by Crippen LogP contribution is 2.32. The summed E-state index contributed by atoms with van der Waals surface area (Å²) < 4.78 is 26.2. The van der Waals surface area contributed by atoms with E-state index in [-0.39, 0.29) is 17.5 Å². The molecule has 0 spiro atoms. The number of hydrogen-bond donors (Lipinski definition) is 1. The second-order valence-corrected chi connectivity index (χ2v) is 6.37. The molecule has 1 aromatic carbocycles. The first kappa shape index (κ1) is 13.1. The van der Waals surface area contributed by atoms with Gasteiger partial charge in [0, 0.05) is 5.70 Å². The van der Waals surface area contributed by atoms with Gasteiger partial charge in [0.05, 0.1) is 17.5 Å². The minimum atomic E-state index is -3.59. The fourth-order valence-corrected chi connectivity index (χ4v) is 3.88. The smallest absolute Gasteiger partial charge is 0.264 e. The number of hydrogen-bond acceptors (Lipinski definition) is 3. The first-order valence-corrected chi connectivity index (χ1v) is 7.30. The molecule has 1 aliphatic rings. The number of nitrogens with zero attached hydrogens (tertiary/aromatic N) is 1. The van der Waals surface area contributed by atoms with Gasteiger partial charge >= 0.3 is 0 Å². The van der Waals surface area contributed by atoms with Crippen molar-refractivity contribution in [3.8, 4) is 0 Å². The van der Waals surface area contributed by atoms with Gasteiger partial charge in [0.2, 0.25) is 0 Å². The third kappa shape index (κ3) is 2.15. The zero-order valence-corrected chi connectivity index (χ0v) is 11.2. The van der Waals surface area contributed by atoms with Gasteiger partial charge in [-0.15, -0.1) is 0 Å². The summed E-state index contributed by atoms with van der Waals surface area (Å²) in [5.74, 6) is 0.